The van der Waals surface area contributed by atoms with Gasteiger partial charge in [-0.1, -0.05) is 0 Å². The molecule has 0 aromatic carbocycles. The van der Waals surface area contributed by atoms with Gasteiger partial charge < -0.3 is 25.4 Å². The molecule has 0 aliphatic carbocycles. The van der Waals surface area contributed by atoms with E-state index in [4.69, 9.17) is 10.2 Å². The fourth-order valence-corrected chi connectivity index (χ4v) is 2.38. The molecule has 150 valence electrons. The third kappa shape index (κ3) is 6.02. The number of hydrogen-bond acceptors (Lipinski definition) is 8. The average Bonchev–Trinajstić information content (AvgIpc) is 2.88. The number of aliphatic hydroxyl groups is 1. The summed E-state index contributed by atoms with van der Waals surface area (Å²) >= 11 is 0. The number of carbonyl (C=O) groups is 6. The smallest absolute Gasteiger partial charge is 0.336 e. The Hall–Kier alpha value is -3.02. The molecule has 0 radical (unpaired) electrons. The van der Waals surface area contributed by atoms with Gasteiger partial charge in [-0.15, -0.1) is 0 Å². The van der Waals surface area contributed by atoms with Crippen molar-refractivity contribution in [3.8, 4) is 0 Å². The number of carboxylic acid groups (broad SMARTS) is 2. The van der Waals surface area contributed by atoms with Crippen LogP contribution in [-0.4, -0.2) is 80.6 Å². The van der Waals surface area contributed by atoms with Gasteiger partial charge in [-0.25, -0.2) is 4.79 Å². The molecule has 1 heterocycles. The summed E-state index contributed by atoms with van der Waals surface area (Å²) in [4.78, 5) is 69.0. The monoisotopic (exact) mass is 388 g/mol. The van der Waals surface area contributed by atoms with Crippen LogP contribution in [0.3, 0.4) is 0 Å². The molecule has 1 saturated heterocycles. The number of ether oxygens (including phenoxy) is 1. The predicted octanol–water partition coefficient (Wildman–Crippen LogP) is -2.14. The van der Waals surface area contributed by atoms with E-state index >= 15 is 0 Å². The molecule has 1 rings (SSSR count). The lowest BCUT2D eigenvalue weighted by molar-refractivity contribution is -0.171. The van der Waals surface area contributed by atoms with Crippen LogP contribution in [0.25, 0.3) is 0 Å². The summed E-state index contributed by atoms with van der Waals surface area (Å²) in [5, 5.41) is 29.5. The summed E-state index contributed by atoms with van der Waals surface area (Å²) in [7, 11) is 0. The third-order valence-corrected chi connectivity index (χ3v) is 3.80. The number of esters is 1. The Morgan fingerprint density at radius 2 is 1.70 bits per heavy atom. The molecule has 0 spiro atoms. The zero-order chi connectivity index (χ0) is 20.8. The number of nitrogens with zero attached hydrogens (tertiary/aromatic N) is 1. The predicted molar refractivity (Wildman–Crippen MR) is 84.0 cm³/mol. The number of aliphatic carboxylic acids is 2. The van der Waals surface area contributed by atoms with Crippen molar-refractivity contribution in [2.45, 2.75) is 44.2 Å². The number of nitrogens with one attached hydrogen (secondary N) is 1. The first-order valence-corrected chi connectivity index (χ1v) is 7.93. The highest BCUT2D eigenvalue weighted by Gasteiger charge is 2.41. The lowest BCUT2D eigenvalue weighted by Gasteiger charge is -2.22. The van der Waals surface area contributed by atoms with Crippen LogP contribution in [0.2, 0.25) is 0 Å². The van der Waals surface area contributed by atoms with E-state index in [1.54, 1.807) is 0 Å². The molecule has 27 heavy (non-hydrogen) atoms. The highest BCUT2D eigenvalue weighted by atomic mass is 16.5. The normalized spacial score (nSPS) is 17.2. The van der Waals surface area contributed by atoms with Gasteiger partial charge in [-0.05, 0) is 6.92 Å². The van der Waals surface area contributed by atoms with Crippen LogP contribution in [0, 0.1) is 0 Å². The maximum Gasteiger partial charge on any atom is 0.336 e. The van der Waals surface area contributed by atoms with Crippen molar-refractivity contribution in [2.75, 3.05) is 13.2 Å². The minimum Gasteiger partial charge on any atom is -0.481 e. The molecule has 1 aliphatic rings. The summed E-state index contributed by atoms with van der Waals surface area (Å²) in [6.07, 6.45) is -2.20. The van der Waals surface area contributed by atoms with Crippen LogP contribution in [0.15, 0.2) is 0 Å². The Bertz CT molecular complexity index is 645. The molecule has 3 amide bonds. The Kier molecular flexibility index (Phi) is 7.40. The van der Waals surface area contributed by atoms with Crippen LogP contribution < -0.4 is 5.32 Å². The lowest BCUT2D eigenvalue weighted by atomic mass is 9.96. The van der Waals surface area contributed by atoms with Gasteiger partial charge in [0.25, 0.3) is 0 Å². The van der Waals surface area contributed by atoms with Gasteiger partial charge in [-0.2, -0.15) is 0 Å². The van der Waals surface area contributed by atoms with Crippen molar-refractivity contribution in [3.63, 3.8) is 0 Å². The molecule has 1 aliphatic heterocycles. The fourth-order valence-electron chi connectivity index (χ4n) is 2.38. The van der Waals surface area contributed by atoms with Gasteiger partial charge in [0.05, 0.1) is 19.4 Å². The molecule has 2 atom stereocenters. The summed E-state index contributed by atoms with van der Waals surface area (Å²) in [6, 6.07) is -1.03. The number of carbonyl (C=O) groups excluding carboxylic acids is 4. The van der Waals surface area contributed by atoms with Gasteiger partial charge in [0.2, 0.25) is 17.7 Å². The average molecular weight is 388 g/mol. The van der Waals surface area contributed by atoms with E-state index in [0.717, 1.165) is 4.90 Å². The second-order valence-corrected chi connectivity index (χ2v) is 5.93. The van der Waals surface area contributed by atoms with E-state index < -0.39 is 60.1 Å². The van der Waals surface area contributed by atoms with Gasteiger partial charge in [0.15, 0.2) is 5.60 Å². The molecule has 0 aromatic heterocycles. The van der Waals surface area contributed by atoms with E-state index in [2.05, 4.69) is 10.1 Å². The van der Waals surface area contributed by atoms with Crippen LogP contribution in [0.1, 0.15) is 32.6 Å². The number of imide groups is 1. The molecular formula is C15H20N2O10. The molecule has 4 N–H and O–H groups in total. The van der Waals surface area contributed by atoms with Crippen molar-refractivity contribution < 1.29 is 48.8 Å². The zero-order valence-corrected chi connectivity index (χ0v) is 14.5. The molecule has 0 aromatic rings. The highest BCUT2D eigenvalue weighted by Crippen LogP contribution is 2.17. The third-order valence-electron chi connectivity index (χ3n) is 3.80. The molecular weight excluding hydrogens is 368 g/mol. The van der Waals surface area contributed by atoms with E-state index in [1.165, 1.54) is 6.92 Å². The number of rotatable bonds is 10. The Labute approximate surface area is 153 Å². The summed E-state index contributed by atoms with van der Waals surface area (Å²) in [5.74, 6) is -6.24. The van der Waals surface area contributed by atoms with Gasteiger partial charge in [-0.3, -0.25) is 28.9 Å². The van der Waals surface area contributed by atoms with Crippen molar-refractivity contribution in [1.29, 1.82) is 0 Å². The molecule has 12 nitrogen and oxygen atoms in total. The summed E-state index contributed by atoms with van der Waals surface area (Å²) in [6.45, 7) is 0.777. The SMILES string of the molecule is CC(C(=O)NCCOC(=O)CC(O)(CC(=O)O)C(=O)O)N1C(=O)CCC1=O. The van der Waals surface area contributed by atoms with Crippen LogP contribution in [0.5, 0.6) is 0 Å². The molecule has 0 saturated carbocycles. The zero-order valence-electron chi connectivity index (χ0n) is 14.5. The maximum atomic E-state index is 11.9. The largest absolute Gasteiger partial charge is 0.481 e. The lowest BCUT2D eigenvalue weighted by Crippen LogP contribution is -2.48. The summed E-state index contributed by atoms with van der Waals surface area (Å²) in [5.41, 5.74) is -2.81. The first-order chi connectivity index (χ1) is 12.5. The summed E-state index contributed by atoms with van der Waals surface area (Å²) < 4.78 is 4.65. The van der Waals surface area contributed by atoms with E-state index in [9.17, 15) is 33.9 Å². The molecule has 0 bridgehead atoms. The van der Waals surface area contributed by atoms with E-state index in [-0.39, 0.29) is 26.0 Å². The maximum absolute atomic E-state index is 11.9. The second-order valence-electron chi connectivity index (χ2n) is 5.93. The van der Waals surface area contributed by atoms with Crippen LogP contribution in [-0.2, 0) is 33.5 Å². The Morgan fingerprint density at radius 3 is 2.19 bits per heavy atom. The van der Waals surface area contributed by atoms with Gasteiger partial charge in [0, 0.05) is 12.8 Å². The van der Waals surface area contributed by atoms with Gasteiger partial charge in [0.1, 0.15) is 12.6 Å². The van der Waals surface area contributed by atoms with Crippen LogP contribution >= 0.6 is 0 Å². The van der Waals surface area contributed by atoms with Crippen molar-refractivity contribution in [3.05, 3.63) is 0 Å². The van der Waals surface area contributed by atoms with Crippen molar-refractivity contribution in [1.82, 2.24) is 10.2 Å². The fraction of sp³-hybridized carbons (Fsp3) is 0.600. The standard InChI is InChI=1S/C15H20N2O10/c1-8(17-9(18)2-3-10(17)19)13(23)16-4-5-27-12(22)7-15(26,14(24)25)6-11(20)21/h8,26H,2-7H2,1H3,(H,16,23)(H,20,21)(H,24,25). The molecule has 12 heteroatoms. The quantitative estimate of drug-likeness (QED) is 0.183. The number of likely N-dealkylation sites (tertiary alicyclic amines) is 1. The van der Waals surface area contributed by atoms with Crippen molar-refractivity contribution in [2.24, 2.45) is 0 Å². The van der Waals surface area contributed by atoms with Crippen LogP contribution in [0.4, 0.5) is 0 Å². The first kappa shape index (κ1) is 22.0. The minimum absolute atomic E-state index is 0.0386. The van der Waals surface area contributed by atoms with E-state index in [1.807, 2.05) is 0 Å². The van der Waals surface area contributed by atoms with Gasteiger partial charge >= 0.3 is 17.9 Å². The second kappa shape index (κ2) is 9.07. The Morgan fingerprint density at radius 1 is 1.15 bits per heavy atom. The molecule has 2 unspecified atom stereocenters. The molecule has 1 fully saturated rings. The Balaban J connectivity index is 2.42. The van der Waals surface area contributed by atoms with Crippen molar-refractivity contribution >= 4 is 35.6 Å². The number of carboxylic acids is 2. The minimum atomic E-state index is -2.81. The number of amides is 3. The highest BCUT2D eigenvalue weighted by molar-refractivity contribution is 6.05. The first-order valence-electron chi connectivity index (χ1n) is 7.93. The number of hydrogen-bond donors (Lipinski definition) is 4. The van der Waals surface area contributed by atoms with E-state index in [0.29, 0.717) is 0 Å². The topological polar surface area (TPSA) is 188 Å².